The third-order valence-corrected chi connectivity index (χ3v) is 3.24. The van der Waals surface area contributed by atoms with Crippen LogP contribution in [0.5, 0.6) is 5.75 Å². The fourth-order valence-corrected chi connectivity index (χ4v) is 2.03. The average Bonchev–Trinajstić information content (AvgIpc) is 2.33. The summed E-state index contributed by atoms with van der Waals surface area (Å²) in [6.45, 7) is 0.579. The van der Waals surface area contributed by atoms with E-state index in [-0.39, 0.29) is 23.4 Å². The Labute approximate surface area is 103 Å². The van der Waals surface area contributed by atoms with Crippen molar-refractivity contribution in [1.29, 1.82) is 0 Å². The first-order chi connectivity index (χ1) is 8.37. The Morgan fingerprint density at radius 2 is 1.89 bits per heavy atom. The molecule has 1 aliphatic carbocycles. The van der Waals surface area contributed by atoms with Crippen molar-refractivity contribution in [3.05, 3.63) is 29.8 Å². The maximum absolute atomic E-state index is 11.9. The van der Waals surface area contributed by atoms with E-state index in [2.05, 4.69) is 4.74 Å². The van der Waals surface area contributed by atoms with E-state index >= 15 is 0 Å². The fraction of sp³-hybridized carbons (Fsp3) is 0.462. The molecular formula is C13H13F3O2. The number of hydrogen-bond acceptors (Lipinski definition) is 2. The van der Waals surface area contributed by atoms with E-state index < -0.39 is 12.8 Å². The second-order valence-electron chi connectivity index (χ2n) is 4.54. The third kappa shape index (κ3) is 2.83. The van der Waals surface area contributed by atoms with E-state index in [4.69, 9.17) is 0 Å². The molecule has 0 aliphatic heterocycles. The van der Waals surface area contributed by atoms with E-state index in [1.807, 2.05) is 6.92 Å². The summed E-state index contributed by atoms with van der Waals surface area (Å²) in [5, 5.41) is 0. The van der Waals surface area contributed by atoms with Crippen LogP contribution in [0.3, 0.4) is 0 Å². The van der Waals surface area contributed by atoms with Crippen LogP contribution in [-0.2, 0) is 4.79 Å². The molecule has 2 unspecified atom stereocenters. The lowest BCUT2D eigenvalue weighted by atomic mass is 9.70. The molecule has 0 aromatic heterocycles. The summed E-state index contributed by atoms with van der Waals surface area (Å²) < 4.78 is 40.4. The molecule has 1 fully saturated rings. The molecule has 0 spiro atoms. The van der Waals surface area contributed by atoms with Crippen molar-refractivity contribution in [2.45, 2.75) is 25.4 Å². The summed E-state index contributed by atoms with van der Waals surface area (Å²) in [5.74, 6) is 0.618. The Bertz CT molecular complexity index is 437. The van der Waals surface area contributed by atoms with Crippen molar-refractivity contribution in [3.8, 4) is 5.75 Å². The van der Waals surface area contributed by atoms with Crippen molar-refractivity contribution in [2.75, 3.05) is 6.61 Å². The van der Waals surface area contributed by atoms with Crippen LogP contribution in [0.2, 0.25) is 0 Å². The van der Waals surface area contributed by atoms with Crippen LogP contribution in [-0.4, -0.2) is 18.6 Å². The zero-order chi connectivity index (χ0) is 13.3. The van der Waals surface area contributed by atoms with E-state index in [0.717, 1.165) is 5.56 Å². The molecule has 0 amide bonds. The Morgan fingerprint density at radius 3 is 2.33 bits per heavy atom. The summed E-state index contributed by atoms with van der Waals surface area (Å²) in [6.07, 6.45) is -3.81. The van der Waals surface area contributed by atoms with Gasteiger partial charge in [0, 0.05) is 18.3 Å². The maximum atomic E-state index is 11.9. The molecule has 5 heteroatoms. The molecule has 1 aromatic rings. The Hall–Kier alpha value is -1.52. The average molecular weight is 258 g/mol. The van der Waals surface area contributed by atoms with Gasteiger partial charge in [-0.15, -0.1) is 0 Å². The van der Waals surface area contributed by atoms with Gasteiger partial charge in [-0.25, -0.2) is 0 Å². The van der Waals surface area contributed by atoms with Gasteiger partial charge in [-0.1, -0.05) is 19.1 Å². The lowest BCUT2D eigenvalue weighted by molar-refractivity contribution is -0.153. The van der Waals surface area contributed by atoms with Crippen molar-refractivity contribution in [1.82, 2.24) is 0 Å². The fourth-order valence-electron chi connectivity index (χ4n) is 2.03. The van der Waals surface area contributed by atoms with Gasteiger partial charge in [-0.3, -0.25) is 4.79 Å². The van der Waals surface area contributed by atoms with Gasteiger partial charge in [0.05, 0.1) is 0 Å². The molecule has 2 atom stereocenters. The number of rotatable bonds is 3. The number of benzene rings is 1. The SMILES string of the molecule is CC1C(=O)CC1c1ccc(OCC(F)(F)F)cc1. The summed E-state index contributed by atoms with van der Waals surface area (Å²) in [7, 11) is 0. The van der Waals surface area contributed by atoms with Gasteiger partial charge < -0.3 is 4.74 Å². The summed E-state index contributed by atoms with van der Waals surface area (Å²) in [6, 6.07) is 6.46. The topological polar surface area (TPSA) is 26.3 Å². The molecule has 2 rings (SSSR count). The molecule has 0 radical (unpaired) electrons. The number of carbonyl (C=O) groups excluding carboxylic acids is 1. The molecule has 0 N–H and O–H groups in total. The third-order valence-electron chi connectivity index (χ3n) is 3.24. The van der Waals surface area contributed by atoms with E-state index in [0.29, 0.717) is 6.42 Å². The second kappa shape index (κ2) is 4.63. The highest BCUT2D eigenvalue weighted by molar-refractivity contribution is 5.88. The molecule has 0 heterocycles. The Balaban J connectivity index is 1.96. The number of hydrogen-bond donors (Lipinski definition) is 0. The number of alkyl halides is 3. The van der Waals surface area contributed by atoms with Crippen molar-refractivity contribution < 1.29 is 22.7 Å². The smallest absolute Gasteiger partial charge is 0.422 e. The zero-order valence-corrected chi connectivity index (χ0v) is 9.83. The molecular weight excluding hydrogens is 245 g/mol. The van der Waals surface area contributed by atoms with Gasteiger partial charge in [0.1, 0.15) is 11.5 Å². The minimum absolute atomic E-state index is 0.00643. The predicted octanol–water partition coefficient (Wildman–Crippen LogP) is 3.32. The lowest BCUT2D eigenvalue weighted by Crippen LogP contribution is -2.32. The number of ether oxygens (including phenoxy) is 1. The van der Waals surface area contributed by atoms with E-state index in [1.165, 1.54) is 12.1 Å². The highest BCUT2D eigenvalue weighted by Gasteiger charge is 2.36. The molecule has 0 saturated heterocycles. The first-order valence-electron chi connectivity index (χ1n) is 5.69. The molecule has 98 valence electrons. The van der Waals surface area contributed by atoms with Crippen LogP contribution < -0.4 is 4.74 Å². The second-order valence-corrected chi connectivity index (χ2v) is 4.54. The van der Waals surface area contributed by atoms with Crippen molar-refractivity contribution >= 4 is 5.78 Å². The quantitative estimate of drug-likeness (QED) is 0.831. The molecule has 2 nitrogen and oxygen atoms in total. The molecule has 18 heavy (non-hydrogen) atoms. The van der Waals surface area contributed by atoms with Gasteiger partial charge >= 0.3 is 6.18 Å². The monoisotopic (exact) mass is 258 g/mol. The van der Waals surface area contributed by atoms with Gasteiger partial charge in [0.25, 0.3) is 0 Å². The Morgan fingerprint density at radius 1 is 1.28 bits per heavy atom. The minimum atomic E-state index is -4.33. The summed E-state index contributed by atoms with van der Waals surface area (Å²) in [4.78, 5) is 11.1. The molecule has 1 aromatic carbocycles. The standard InChI is InChI=1S/C13H13F3O2/c1-8-11(6-12(8)17)9-2-4-10(5-3-9)18-7-13(14,15)16/h2-5,8,11H,6-7H2,1H3. The van der Waals surface area contributed by atoms with Gasteiger partial charge in [0.2, 0.25) is 0 Å². The van der Waals surface area contributed by atoms with E-state index in [9.17, 15) is 18.0 Å². The van der Waals surface area contributed by atoms with Crippen LogP contribution in [0, 0.1) is 5.92 Å². The molecule has 1 saturated carbocycles. The van der Waals surface area contributed by atoms with Crippen LogP contribution >= 0.6 is 0 Å². The van der Waals surface area contributed by atoms with Crippen LogP contribution in [0.25, 0.3) is 0 Å². The number of Topliss-reactive ketones (excluding diaryl/α,β-unsaturated/α-hetero) is 1. The predicted molar refractivity (Wildman–Crippen MR) is 59.5 cm³/mol. The number of ketones is 1. The minimum Gasteiger partial charge on any atom is -0.484 e. The Kier molecular flexibility index (Phi) is 3.32. The van der Waals surface area contributed by atoms with Crippen molar-refractivity contribution in [3.63, 3.8) is 0 Å². The maximum Gasteiger partial charge on any atom is 0.422 e. The highest BCUT2D eigenvalue weighted by Crippen LogP contribution is 2.39. The number of carbonyl (C=O) groups is 1. The number of halogens is 3. The molecule has 1 aliphatic rings. The van der Waals surface area contributed by atoms with Crippen LogP contribution in [0.15, 0.2) is 24.3 Å². The van der Waals surface area contributed by atoms with Gasteiger partial charge in [0.15, 0.2) is 6.61 Å². The normalized spacial score (nSPS) is 23.7. The first-order valence-corrected chi connectivity index (χ1v) is 5.69. The van der Waals surface area contributed by atoms with Crippen LogP contribution in [0.4, 0.5) is 13.2 Å². The van der Waals surface area contributed by atoms with E-state index in [1.54, 1.807) is 12.1 Å². The summed E-state index contributed by atoms with van der Waals surface area (Å²) in [5.41, 5.74) is 0.974. The zero-order valence-electron chi connectivity index (χ0n) is 9.83. The largest absolute Gasteiger partial charge is 0.484 e. The van der Waals surface area contributed by atoms with Gasteiger partial charge in [-0.2, -0.15) is 13.2 Å². The first kappa shape index (κ1) is 12.9. The van der Waals surface area contributed by atoms with Crippen LogP contribution in [0.1, 0.15) is 24.8 Å². The highest BCUT2D eigenvalue weighted by atomic mass is 19.4. The lowest BCUT2D eigenvalue weighted by Gasteiger charge is -2.32. The van der Waals surface area contributed by atoms with Gasteiger partial charge in [-0.05, 0) is 17.7 Å². The summed E-state index contributed by atoms with van der Waals surface area (Å²) >= 11 is 0. The molecule has 0 bridgehead atoms. The van der Waals surface area contributed by atoms with Crippen molar-refractivity contribution in [2.24, 2.45) is 5.92 Å².